The Balaban J connectivity index is 2.26. The van der Waals surface area contributed by atoms with Gasteiger partial charge in [-0.1, -0.05) is 0 Å². The van der Waals surface area contributed by atoms with E-state index in [1.54, 1.807) is 0 Å². The van der Waals surface area contributed by atoms with E-state index in [0.717, 1.165) is 19.3 Å². The van der Waals surface area contributed by atoms with Crippen molar-refractivity contribution in [2.45, 2.75) is 44.2 Å². The van der Waals surface area contributed by atoms with Crippen LogP contribution in [-0.4, -0.2) is 24.3 Å². The maximum atomic E-state index is 9.27. The van der Waals surface area contributed by atoms with Crippen molar-refractivity contribution in [3.05, 3.63) is 0 Å². The van der Waals surface area contributed by atoms with Gasteiger partial charge in [-0.05, 0) is 39.2 Å². The summed E-state index contributed by atoms with van der Waals surface area (Å²) in [5.41, 5.74) is 0. The van der Waals surface area contributed by atoms with Gasteiger partial charge in [-0.15, -0.1) is 0 Å². The highest BCUT2D eigenvalue weighted by molar-refractivity contribution is 4.72. The Morgan fingerprint density at radius 2 is 2.00 bits per heavy atom. The van der Waals surface area contributed by atoms with E-state index < -0.39 is 0 Å². The van der Waals surface area contributed by atoms with E-state index >= 15 is 0 Å². The quantitative estimate of drug-likeness (QED) is 0.534. The van der Waals surface area contributed by atoms with E-state index in [0.29, 0.717) is 6.04 Å². The molecule has 1 aliphatic carbocycles. The van der Waals surface area contributed by atoms with Crippen LogP contribution >= 0.6 is 0 Å². The summed E-state index contributed by atoms with van der Waals surface area (Å²) >= 11 is 0. The van der Waals surface area contributed by atoms with Crippen LogP contribution in [-0.2, 0) is 0 Å². The van der Waals surface area contributed by atoms with E-state index in [-0.39, 0.29) is 6.10 Å². The first-order chi connectivity index (χ1) is 4.83. The minimum Gasteiger partial charge on any atom is -0.393 e. The molecule has 1 rings (SSSR count). The maximum Gasteiger partial charge on any atom is 0.0540 e. The third-order valence-electron chi connectivity index (χ3n) is 2.35. The molecule has 0 radical (unpaired) electrons. The molecule has 2 atom stereocenters. The minimum absolute atomic E-state index is 0.0293. The Bertz CT molecular complexity index is 95.3. The van der Waals surface area contributed by atoms with Gasteiger partial charge in [0.25, 0.3) is 0 Å². The van der Waals surface area contributed by atoms with Crippen LogP contribution in [0.4, 0.5) is 0 Å². The fourth-order valence-electron chi connectivity index (χ4n) is 1.57. The molecule has 60 valence electrons. The molecule has 0 aromatic carbocycles. The molecule has 1 saturated carbocycles. The molecule has 0 amide bonds. The van der Waals surface area contributed by atoms with Crippen LogP contribution in [0.2, 0.25) is 0 Å². The number of hydrogen-bond acceptors (Lipinski definition) is 2. The number of aliphatic hydroxyl groups excluding tert-OH is 1. The van der Waals surface area contributed by atoms with E-state index in [9.17, 15) is 5.11 Å². The van der Waals surface area contributed by atoms with Gasteiger partial charge in [-0.2, -0.15) is 0 Å². The average molecular weight is 143 g/mol. The fraction of sp³-hybridized carbons (Fsp3) is 1.00. The number of nitrogens with one attached hydrogen (secondary N) is 1. The van der Waals surface area contributed by atoms with Crippen LogP contribution < -0.4 is 5.32 Å². The molecule has 0 spiro atoms. The third-order valence-corrected chi connectivity index (χ3v) is 2.35. The summed E-state index contributed by atoms with van der Waals surface area (Å²) in [6.45, 7) is 0. The lowest BCUT2D eigenvalue weighted by Crippen LogP contribution is -2.24. The van der Waals surface area contributed by atoms with Crippen molar-refractivity contribution in [3.8, 4) is 0 Å². The molecular weight excluding hydrogens is 126 g/mol. The lowest BCUT2D eigenvalue weighted by atomic mass is 10.1. The molecule has 10 heavy (non-hydrogen) atoms. The predicted molar refractivity (Wildman–Crippen MR) is 41.9 cm³/mol. The molecule has 1 fully saturated rings. The zero-order valence-electron chi connectivity index (χ0n) is 6.64. The molecule has 1 aliphatic rings. The van der Waals surface area contributed by atoms with Crippen LogP contribution in [0.5, 0.6) is 0 Å². The lowest BCUT2D eigenvalue weighted by Gasteiger charge is -2.11. The summed E-state index contributed by atoms with van der Waals surface area (Å²) in [5.74, 6) is 0. The lowest BCUT2D eigenvalue weighted by molar-refractivity contribution is 0.156. The van der Waals surface area contributed by atoms with E-state index in [4.69, 9.17) is 0 Å². The van der Waals surface area contributed by atoms with Gasteiger partial charge in [0.15, 0.2) is 0 Å². The smallest absolute Gasteiger partial charge is 0.0540 e. The van der Waals surface area contributed by atoms with E-state index in [1.807, 2.05) is 7.05 Å². The fourth-order valence-corrected chi connectivity index (χ4v) is 1.57. The zero-order valence-corrected chi connectivity index (χ0v) is 6.64. The van der Waals surface area contributed by atoms with Crippen LogP contribution in [0.15, 0.2) is 0 Å². The minimum atomic E-state index is -0.0293. The van der Waals surface area contributed by atoms with Gasteiger partial charge >= 0.3 is 0 Å². The SMILES string of the molecule is CN[C@H]1CCC[C@@H](O)CC1. The monoisotopic (exact) mass is 143 g/mol. The summed E-state index contributed by atoms with van der Waals surface area (Å²) in [7, 11) is 2.00. The maximum absolute atomic E-state index is 9.27. The van der Waals surface area contributed by atoms with Crippen molar-refractivity contribution in [3.63, 3.8) is 0 Å². The summed E-state index contributed by atoms with van der Waals surface area (Å²) in [6, 6.07) is 0.650. The molecule has 2 heteroatoms. The standard InChI is InChI=1S/C8H17NO/c1-9-7-3-2-4-8(10)6-5-7/h7-10H,2-6H2,1H3/t7-,8+/m0/s1. The normalized spacial score (nSPS) is 35.4. The first-order valence-corrected chi connectivity index (χ1v) is 4.18. The van der Waals surface area contributed by atoms with Gasteiger partial charge in [-0.3, -0.25) is 0 Å². The molecular formula is C8H17NO. The molecule has 0 unspecified atom stereocenters. The van der Waals surface area contributed by atoms with Crippen LogP contribution in [0.3, 0.4) is 0 Å². The van der Waals surface area contributed by atoms with Crippen molar-refractivity contribution in [2.24, 2.45) is 0 Å². The van der Waals surface area contributed by atoms with Gasteiger partial charge in [0.05, 0.1) is 6.10 Å². The summed E-state index contributed by atoms with van der Waals surface area (Å²) in [5, 5.41) is 12.5. The number of hydrogen-bond donors (Lipinski definition) is 2. The highest BCUT2D eigenvalue weighted by Gasteiger charge is 2.14. The Morgan fingerprint density at radius 3 is 2.70 bits per heavy atom. The van der Waals surface area contributed by atoms with Crippen LogP contribution in [0, 0.1) is 0 Å². The molecule has 0 heterocycles. The predicted octanol–water partition coefficient (Wildman–Crippen LogP) is 0.899. The number of aliphatic hydroxyl groups is 1. The summed E-state index contributed by atoms with van der Waals surface area (Å²) in [6.07, 6.45) is 5.49. The Hall–Kier alpha value is -0.0800. The average Bonchev–Trinajstić information content (AvgIpc) is 2.14. The van der Waals surface area contributed by atoms with Crippen LogP contribution in [0.25, 0.3) is 0 Å². The molecule has 2 N–H and O–H groups in total. The number of rotatable bonds is 1. The van der Waals surface area contributed by atoms with Gasteiger partial charge in [0, 0.05) is 6.04 Å². The van der Waals surface area contributed by atoms with Gasteiger partial charge in [0.1, 0.15) is 0 Å². The van der Waals surface area contributed by atoms with Crippen molar-refractivity contribution in [1.29, 1.82) is 0 Å². The molecule has 0 aromatic heterocycles. The molecule has 0 aliphatic heterocycles. The molecule has 0 saturated heterocycles. The van der Waals surface area contributed by atoms with Gasteiger partial charge in [-0.25, -0.2) is 0 Å². The highest BCUT2D eigenvalue weighted by Crippen LogP contribution is 2.17. The largest absolute Gasteiger partial charge is 0.393 e. The highest BCUT2D eigenvalue weighted by atomic mass is 16.3. The van der Waals surface area contributed by atoms with Crippen molar-refractivity contribution in [2.75, 3.05) is 7.05 Å². The van der Waals surface area contributed by atoms with Gasteiger partial charge in [0.2, 0.25) is 0 Å². The first-order valence-electron chi connectivity index (χ1n) is 4.18. The van der Waals surface area contributed by atoms with Crippen molar-refractivity contribution in [1.82, 2.24) is 5.32 Å². The van der Waals surface area contributed by atoms with Crippen molar-refractivity contribution >= 4 is 0 Å². The van der Waals surface area contributed by atoms with E-state index in [2.05, 4.69) is 5.32 Å². The Kier molecular flexibility index (Phi) is 3.16. The third kappa shape index (κ3) is 2.27. The Morgan fingerprint density at radius 1 is 1.20 bits per heavy atom. The van der Waals surface area contributed by atoms with Crippen LogP contribution in [0.1, 0.15) is 32.1 Å². The second-order valence-electron chi connectivity index (χ2n) is 3.15. The first kappa shape index (κ1) is 8.02. The molecule has 0 bridgehead atoms. The topological polar surface area (TPSA) is 32.3 Å². The second-order valence-corrected chi connectivity index (χ2v) is 3.15. The second kappa shape index (κ2) is 3.94. The van der Waals surface area contributed by atoms with Gasteiger partial charge < -0.3 is 10.4 Å². The molecule has 0 aromatic rings. The molecule has 2 nitrogen and oxygen atoms in total. The zero-order chi connectivity index (χ0) is 7.40. The Labute approximate surface area is 62.6 Å². The van der Waals surface area contributed by atoms with E-state index in [1.165, 1.54) is 12.8 Å². The van der Waals surface area contributed by atoms with Crippen molar-refractivity contribution < 1.29 is 5.11 Å². The summed E-state index contributed by atoms with van der Waals surface area (Å²) < 4.78 is 0. The summed E-state index contributed by atoms with van der Waals surface area (Å²) in [4.78, 5) is 0.